The molecule has 2 heterocycles. The second-order valence-corrected chi connectivity index (χ2v) is 7.26. The highest BCUT2D eigenvalue weighted by Gasteiger charge is 2.57. The molecule has 2 aliphatic carbocycles. The summed E-state index contributed by atoms with van der Waals surface area (Å²) >= 11 is 0. The summed E-state index contributed by atoms with van der Waals surface area (Å²) in [5, 5.41) is 0. The summed E-state index contributed by atoms with van der Waals surface area (Å²) in [6, 6.07) is 0.895. The van der Waals surface area contributed by atoms with E-state index in [0.717, 1.165) is 23.8 Å². The maximum Gasteiger partial charge on any atom is 0.0195 e. The molecule has 0 radical (unpaired) electrons. The van der Waals surface area contributed by atoms with Crippen LogP contribution >= 0.6 is 0 Å². The van der Waals surface area contributed by atoms with Crippen molar-refractivity contribution in [3.8, 4) is 0 Å². The average molecular weight is 231 g/mol. The second-order valence-electron chi connectivity index (χ2n) is 7.26. The van der Waals surface area contributed by atoms with E-state index in [9.17, 15) is 0 Å². The fourth-order valence-corrected chi connectivity index (χ4v) is 5.44. The van der Waals surface area contributed by atoms with Crippen molar-refractivity contribution in [1.82, 2.24) is 4.90 Å². The number of allylic oxidation sites excluding steroid dienone is 1. The Balaban J connectivity index is 1.85. The second kappa shape index (κ2) is 3.38. The number of rotatable bonds is 0. The Hall–Kier alpha value is -0.300. The Labute approximate surface area is 105 Å². The fourth-order valence-electron chi connectivity index (χ4n) is 5.44. The van der Waals surface area contributed by atoms with E-state index in [1.807, 2.05) is 5.57 Å². The van der Waals surface area contributed by atoms with Gasteiger partial charge in [0.25, 0.3) is 0 Å². The molecule has 4 aliphatic rings. The standard InChI is InChI=1S/C16H25N/c1-11-9-17-10-14-6-4-3-5-13-7-12(11)8-15(17)16(13,14)2/h7,11-12,14-15H,3-6,8-10H2,1-2H3/t11-,12-,14-,15-,16-/m1/s1. The molecule has 1 nitrogen and oxygen atoms in total. The lowest BCUT2D eigenvalue weighted by molar-refractivity contribution is 0.0675. The number of hydrogen-bond acceptors (Lipinski definition) is 1. The minimum atomic E-state index is 0.563. The van der Waals surface area contributed by atoms with Crippen molar-refractivity contribution in [2.75, 3.05) is 13.1 Å². The van der Waals surface area contributed by atoms with Gasteiger partial charge in [0.1, 0.15) is 0 Å². The molecule has 1 saturated carbocycles. The van der Waals surface area contributed by atoms with Gasteiger partial charge < -0.3 is 0 Å². The van der Waals surface area contributed by atoms with Crippen molar-refractivity contribution in [3.63, 3.8) is 0 Å². The summed E-state index contributed by atoms with van der Waals surface area (Å²) in [5.74, 6) is 2.76. The molecule has 94 valence electrons. The molecule has 17 heavy (non-hydrogen) atoms. The van der Waals surface area contributed by atoms with Gasteiger partial charge in [-0.3, -0.25) is 4.90 Å². The minimum Gasteiger partial charge on any atom is -0.299 e. The van der Waals surface area contributed by atoms with E-state index in [0.29, 0.717) is 5.41 Å². The van der Waals surface area contributed by atoms with Gasteiger partial charge in [0.05, 0.1) is 0 Å². The van der Waals surface area contributed by atoms with Crippen molar-refractivity contribution in [2.45, 2.75) is 52.0 Å². The minimum absolute atomic E-state index is 0.563. The van der Waals surface area contributed by atoms with Crippen LogP contribution in [0.3, 0.4) is 0 Å². The Morgan fingerprint density at radius 3 is 3.06 bits per heavy atom. The molecule has 0 unspecified atom stereocenters. The van der Waals surface area contributed by atoms with E-state index in [4.69, 9.17) is 0 Å². The summed E-state index contributed by atoms with van der Waals surface area (Å²) in [6.07, 6.45) is 9.99. The lowest BCUT2D eigenvalue weighted by Gasteiger charge is -2.49. The van der Waals surface area contributed by atoms with Crippen LogP contribution in [0, 0.1) is 23.2 Å². The van der Waals surface area contributed by atoms with Crippen LogP contribution in [0.1, 0.15) is 46.0 Å². The maximum absolute atomic E-state index is 2.85. The summed E-state index contributed by atoms with van der Waals surface area (Å²) in [5.41, 5.74) is 2.42. The zero-order valence-electron chi connectivity index (χ0n) is 11.3. The van der Waals surface area contributed by atoms with Crippen LogP contribution in [0.5, 0.6) is 0 Å². The first-order chi connectivity index (χ1) is 8.19. The molecule has 0 aromatic rings. The molecule has 5 atom stereocenters. The van der Waals surface area contributed by atoms with Crippen molar-refractivity contribution in [3.05, 3.63) is 11.6 Å². The number of hydrogen-bond donors (Lipinski definition) is 0. The van der Waals surface area contributed by atoms with Gasteiger partial charge in [-0.1, -0.05) is 31.9 Å². The molecule has 0 aromatic heterocycles. The number of fused-ring (bicyclic) bond motifs is 1. The molecular weight excluding hydrogens is 206 g/mol. The molecule has 2 aliphatic heterocycles. The van der Waals surface area contributed by atoms with Gasteiger partial charge in [-0.15, -0.1) is 0 Å². The van der Waals surface area contributed by atoms with E-state index in [1.54, 1.807) is 0 Å². The largest absolute Gasteiger partial charge is 0.299 e. The van der Waals surface area contributed by atoms with E-state index in [-0.39, 0.29) is 0 Å². The molecule has 4 rings (SSSR count). The van der Waals surface area contributed by atoms with Crippen LogP contribution in [0.15, 0.2) is 11.6 Å². The van der Waals surface area contributed by atoms with Crippen LogP contribution in [-0.2, 0) is 0 Å². The van der Waals surface area contributed by atoms with Crippen molar-refractivity contribution in [1.29, 1.82) is 0 Å². The number of piperidine rings is 1. The van der Waals surface area contributed by atoms with E-state index in [1.165, 1.54) is 45.2 Å². The van der Waals surface area contributed by atoms with Gasteiger partial charge in [-0.05, 0) is 43.4 Å². The van der Waals surface area contributed by atoms with Gasteiger partial charge in [0.2, 0.25) is 0 Å². The van der Waals surface area contributed by atoms with Crippen LogP contribution < -0.4 is 0 Å². The van der Waals surface area contributed by atoms with Crippen LogP contribution in [0.25, 0.3) is 0 Å². The van der Waals surface area contributed by atoms with Gasteiger partial charge in [-0.25, -0.2) is 0 Å². The molecule has 0 amide bonds. The summed E-state index contributed by atoms with van der Waals surface area (Å²) < 4.78 is 0. The summed E-state index contributed by atoms with van der Waals surface area (Å²) in [6.45, 7) is 7.84. The molecule has 0 spiro atoms. The Kier molecular flexibility index (Phi) is 2.11. The normalized spacial score (nSPS) is 53.2. The van der Waals surface area contributed by atoms with E-state index < -0.39 is 0 Å². The van der Waals surface area contributed by atoms with Crippen molar-refractivity contribution >= 4 is 0 Å². The molecule has 3 fully saturated rings. The lowest BCUT2D eigenvalue weighted by Crippen LogP contribution is -2.50. The molecule has 2 saturated heterocycles. The number of nitrogens with zero attached hydrogens (tertiary/aromatic N) is 1. The smallest absolute Gasteiger partial charge is 0.0195 e. The third-order valence-electron chi connectivity index (χ3n) is 6.54. The molecule has 1 heteroatoms. The molecule has 2 bridgehead atoms. The van der Waals surface area contributed by atoms with Crippen LogP contribution in [-0.4, -0.2) is 24.0 Å². The first-order valence-corrected chi connectivity index (χ1v) is 7.65. The predicted molar refractivity (Wildman–Crippen MR) is 70.8 cm³/mol. The van der Waals surface area contributed by atoms with E-state index in [2.05, 4.69) is 24.8 Å². The predicted octanol–water partition coefficient (Wildman–Crippen LogP) is 3.46. The van der Waals surface area contributed by atoms with Gasteiger partial charge >= 0.3 is 0 Å². The average Bonchev–Trinajstić information content (AvgIpc) is 2.48. The molecule has 0 N–H and O–H groups in total. The van der Waals surface area contributed by atoms with Crippen LogP contribution in [0.4, 0.5) is 0 Å². The Bertz CT molecular complexity index is 372. The monoisotopic (exact) mass is 231 g/mol. The van der Waals surface area contributed by atoms with Crippen molar-refractivity contribution in [2.24, 2.45) is 23.2 Å². The Morgan fingerprint density at radius 2 is 2.18 bits per heavy atom. The highest BCUT2D eigenvalue weighted by atomic mass is 15.2. The Morgan fingerprint density at radius 1 is 1.29 bits per heavy atom. The maximum atomic E-state index is 2.85. The zero-order valence-corrected chi connectivity index (χ0v) is 11.3. The third kappa shape index (κ3) is 1.24. The quantitative estimate of drug-likeness (QED) is 0.577. The van der Waals surface area contributed by atoms with Gasteiger partial charge in [0.15, 0.2) is 0 Å². The fraction of sp³-hybridized carbons (Fsp3) is 0.875. The first-order valence-electron chi connectivity index (χ1n) is 7.65. The topological polar surface area (TPSA) is 3.24 Å². The van der Waals surface area contributed by atoms with Crippen LogP contribution in [0.2, 0.25) is 0 Å². The molecular formula is C16H25N. The highest BCUT2D eigenvalue weighted by Crippen LogP contribution is 2.58. The van der Waals surface area contributed by atoms with Gasteiger partial charge in [-0.2, -0.15) is 0 Å². The van der Waals surface area contributed by atoms with E-state index >= 15 is 0 Å². The first kappa shape index (κ1) is 10.6. The van der Waals surface area contributed by atoms with Gasteiger partial charge in [0, 0.05) is 24.5 Å². The lowest BCUT2D eigenvalue weighted by atomic mass is 9.60. The highest BCUT2D eigenvalue weighted by molar-refractivity contribution is 5.29. The molecule has 0 aromatic carbocycles. The summed E-state index contributed by atoms with van der Waals surface area (Å²) in [7, 11) is 0. The third-order valence-corrected chi connectivity index (χ3v) is 6.54. The SMILES string of the molecule is C[C@@H]1CN2C[C@H]3CCCCC4=C[C@@H]1C[C@@H]2[C@]43C. The zero-order chi connectivity index (χ0) is 11.6. The summed E-state index contributed by atoms with van der Waals surface area (Å²) in [4.78, 5) is 2.85. The van der Waals surface area contributed by atoms with Crippen molar-refractivity contribution < 1.29 is 0 Å².